The summed E-state index contributed by atoms with van der Waals surface area (Å²) in [5.74, 6) is 1.27. The summed E-state index contributed by atoms with van der Waals surface area (Å²) in [5.41, 5.74) is 1.36. The molecule has 0 saturated heterocycles. The summed E-state index contributed by atoms with van der Waals surface area (Å²) in [7, 11) is 3.17. The van der Waals surface area contributed by atoms with Crippen molar-refractivity contribution in [2.24, 2.45) is 0 Å². The average Bonchev–Trinajstić information content (AvgIpc) is 2.54. The van der Waals surface area contributed by atoms with Crippen LogP contribution in [0.2, 0.25) is 0 Å². The van der Waals surface area contributed by atoms with Gasteiger partial charge in [-0.1, -0.05) is 12.1 Å². The van der Waals surface area contributed by atoms with E-state index in [1.165, 1.54) is 6.07 Å². The van der Waals surface area contributed by atoms with E-state index in [0.717, 1.165) is 5.56 Å². The average molecular weight is 301 g/mol. The van der Waals surface area contributed by atoms with Crippen LogP contribution in [0.25, 0.3) is 0 Å². The van der Waals surface area contributed by atoms with Gasteiger partial charge in [-0.25, -0.2) is 0 Å². The standard InChI is InChI=1S/C17H19NO4/c1-21-13-9-12(10-14(11-13)22-2)7-8-17(20)18-15-5-3-4-6-16(15)19/h3-6,9-11,19H,7-8H2,1-2H3,(H,18,20). The number of hydrogen-bond donors (Lipinski definition) is 2. The second kappa shape index (κ2) is 7.36. The van der Waals surface area contributed by atoms with Crippen LogP contribution in [0.3, 0.4) is 0 Å². The number of para-hydroxylation sites is 2. The zero-order valence-electron chi connectivity index (χ0n) is 12.6. The van der Waals surface area contributed by atoms with Crippen molar-refractivity contribution in [1.82, 2.24) is 0 Å². The van der Waals surface area contributed by atoms with Crippen LogP contribution < -0.4 is 14.8 Å². The first kappa shape index (κ1) is 15.7. The number of phenolic OH excluding ortho intramolecular Hbond substituents is 1. The molecule has 1 amide bonds. The molecule has 2 aromatic rings. The van der Waals surface area contributed by atoms with E-state index in [2.05, 4.69) is 5.32 Å². The molecule has 5 heteroatoms. The molecule has 0 aliphatic heterocycles. The summed E-state index contributed by atoms with van der Waals surface area (Å²) in [5, 5.41) is 12.3. The van der Waals surface area contributed by atoms with Gasteiger partial charge in [-0.3, -0.25) is 4.79 Å². The number of aryl methyl sites for hydroxylation is 1. The normalized spacial score (nSPS) is 10.1. The molecule has 0 aliphatic rings. The van der Waals surface area contributed by atoms with E-state index in [0.29, 0.717) is 30.0 Å². The molecule has 2 N–H and O–H groups in total. The molecular weight excluding hydrogens is 282 g/mol. The van der Waals surface area contributed by atoms with Crippen molar-refractivity contribution in [3.8, 4) is 17.2 Å². The highest BCUT2D eigenvalue weighted by atomic mass is 16.5. The Morgan fingerprint density at radius 1 is 1.09 bits per heavy atom. The number of methoxy groups -OCH3 is 2. The molecular formula is C17H19NO4. The van der Waals surface area contributed by atoms with Crippen LogP contribution in [0.5, 0.6) is 17.2 Å². The fourth-order valence-corrected chi connectivity index (χ4v) is 2.06. The Labute approximate surface area is 129 Å². The van der Waals surface area contributed by atoms with Crippen molar-refractivity contribution in [2.45, 2.75) is 12.8 Å². The Balaban J connectivity index is 1.98. The van der Waals surface area contributed by atoms with Gasteiger partial charge in [0.1, 0.15) is 17.2 Å². The summed E-state index contributed by atoms with van der Waals surface area (Å²) in [6, 6.07) is 12.2. The van der Waals surface area contributed by atoms with E-state index >= 15 is 0 Å². The van der Waals surface area contributed by atoms with Gasteiger partial charge in [-0.15, -0.1) is 0 Å². The molecule has 0 unspecified atom stereocenters. The van der Waals surface area contributed by atoms with E-state index < -0.39 is 0 Å². The van der Waals surface area contributed by atoms with Crippen LogP contribution in [0.15, 0.2) is 42.5 Å². The van der Waals surface area contributed by atoms with Crippen molar-refractivity contribution in [3.63, 3.8) is 0 Å². The Kier molecular flexibility index (Phi) is 5.25. The summed E-state index contributed by atoms with van der Waals surface area (Å²) in [4.78, 5) is 12.0. The maximum atomic E-state index is 12.0. The third-order valence-corrected chi connectivity index (χ3v) is 3.23. The molecule has 0 atom stereocenters. The lowest BCUT2D eigenvalue weighted by Gasteiger charge is -2.09. The third kappa shape index (κ3) is 4.15. The van der Waals surface area contributed by atoms with Crippen LogP contribution in [0.4, 0.5) is 5.69 Å². The van der Waals surface area contributed by atoms with E-state index in [1.54, 1.807) is 38.5 Å². The van der Waals surface area contributed by atoms with Gasteiger partial charge in [0.2, 0.25) is 5.91 Å². The van der Waals surface area contributed by atoms with Gasteiger partial charge < -0.3 is 19.9 Å². The molecule has 116 valence electrons. The topological polar surface area (TPSA) is 67.8 Å². The Morgan fingerprint density at radius 2 is 1.73 bits per heavy atom. The SMILES string of the molecule is COc1cc(CCC(=O)Nc2ccccc2O)cc(OC)c1. The molecule has 0 saturated carbocycles. The zero-order chi connectivity index (χ0) is 15.9. The molecule has 0 heterocycles. The fourth-order valence-electron chi connectivity index (χ4n) is 2.06. The minimum absolute atomic E-state index is 0.0545. The number of anilines is 1. The molecule has 0 spiro atoms. The summed E-state index contributed by atoms with van der Waals surface area (Å²) in [6.07, 6.45) is 0.845. The lowest BCUT2D eigenvalue weighted by molar-refractivity contribution is -0.116. The second-order valence-corrected chi connectivity index (χ2v) is 4.79. The first-order valence-corrected chi connectivity index (χ1v) is 6.92. The molecule has 22 heavy (non-hydrogen) atoms. The fraction of sp³-hybridized carbons (Fsp3) is 0.235. The van der Waals surface area contributed by atoms with Crippen molar-refractivity contribution in [2.75, 3.05) is 19.5 Å². The van der Waals surface area contributed by atoms with Crippen LogP contribution in [-0.4, -0.2) is 25.2 Å². The number of ether oxygens (including phenoxy) is 2. The first-order valence-electron chi connectivity index (χ1n) is 6.92. The molecule has 0 radical (unpaired) electrons. The molecule has 2 aromatic carbocycles. The van der Waals surface area contributed by atoms with Gasteiger partial charge in [0.15, 0.2) is 0 Å². The van der Waals surface area contributed by atoms with E-state index in [4.69, 9.17) is 9.47 Å². The monoisotopic (exact) mass is 301 g/mol. The first-order chi connectivity index (χ1) is 10.6. The number of nitrogens with one attached hydrogen (secondary N) is 1. The van der Waals surface area contributed by atoms with Crippen molar-refractivity contribution >= 4 is 11.6 Å². The predicted molar refractivity (Wildman–Crippen MR) is 84.6 cm³/mol. The van der Waals surface area contributed by atoms with Crippen molar-refractivity contribution in [3.05, 3.63) is 48.0 Å². The van der Waals surface area contributed by atoms with Gasteiger partial charge >= 0.3 is 0 Å². The number of aromatic hydroxyl groups is 1. The third-order valence-electron chi connectivity index (χ3n) is 3.23. The highest BCUT2D eigenvalue weighted by molar-refractivity contribution is 5.92. The molecule has 0 aromatic heterocycles. The lowest BCUT2D eigenvalue weighted by atomic mass is 10.1. The number of amides is 1. The highest BCUT2D eigenvalue weighted by Crippen LogP contribution is 2.24. The zero-order valence-corrected chi connectivity index (χ0v) is 12.6. The van der Waals surface area contributed by atoms with Crippen molar-refractivity contribution in [1.29, 1.82) is 0 Å². The smallest absolute Gasteiger partial charge is 0.224 e. The van der Waals surface area contributed by atoms with Gasteiger partial charge in [0.05, 0.1) is 19.9 Å². The Morgan fingerprint density at radius 3 is 2.32 bits per heavy atom. The number of carbonyl (C=O) groups excluding carboxylic acids is 1. The van der Waals surface area contributed by atoms with Crippen LogP contribution >= 0.6 is 0 Å². The van der Waals surface area contributed by atoms with Crippen LogP contribution in [0, 0.1) is 0 Å². The quantitative estimate of drug-likeness (QED) is 0.805. The van der Waals surface area contributed by atoms with Crippen molar-refractivity contribution < 1.29 is 19.4 Å². The van der Waals surface area contributed by atoms with Gasteiger partial charge in [0, 0.05) is 12.5 Å². The Bertz CT molecular complexity index is 633. The summed E-state index contributed by atoms with van der Waals surface area (Å²) in [6.45, 7) is 0. The number of benzene rings is 2. The van der Waals surface area contributed by atoms with E-state index in [-0.39, 0.29) is 11.7 Å². The maximum Gasteiger partial charge on any atom is 0.224 e. The predicted octanol–water partition coefficient (Wildman–Crippen LogP) is 2.98. The molecule has 0 fully saturated rings. The number of rotatable bonds is 6. The minimum Gasteiger partial charge on any atom is -0.506 e. The highest BCUT2D eigenvalue weighted by Gasteiger charge is 2.08. The summed E-state index contributed by atoms with van der Waals surface area (Å²) >= 11 is 0. The molecule has 0 bridgehead atoms. The largest absolute Gasteiger partial charge is 0.506 e. The second-order valence-electron chi connectivity index (χ2n) is 4.79. The molecule has 2 rings (SSSR count). The van der Waals surface area contributed by atoms with Crippen LogP contribution in [0.1, 0.15) is 12.0 Å². The number of phenols is 1. The van der Waals surface area contributed by atoms with Crippen LogP contribution in [-0.2, 0) is 11.2 Å². The lowest BCUT2D eigenvalue weighted by Crippen LogP contribution is -2.12. The summed E-state index contributed by atoms with van der Waals surface area (Å²) < 4.78 is 10.4. The Hall–Kier alpha value is -2.69. The van der Waals surface area contributed by atoms with Gasteiger partial charge in [-0.05, 0) is 36.2 Å². The molecule has 5 nitrogen and oxygen atoms in total. The van der Waals surface area contributed by atoms with E-state index in [9.17, 15) is 9.90 Å². The maximum absolute atomic E-state index is 12.0. The molecule has 0 aliphatic carbocycles. The van der Waals surface area contributed by atoms with Gasteiger partial charge in [-0.2, -0.15) is 0 Å². The van der Waals surface area contributed by atoms with E-state index in [1.807, 2.05) is 12.1 Å². The minimum atomic E-state index is -0.164. The van der Waals surface area contributed by atoms with Gasteiger partial charge in [0.25, 0.3) is 0 Å². The number of hydrogen-bond acceptors (Lipinski definition) is 4. The number of carbonyl (C=O) groups is 1.